The number of alkyl halides is 1. The molecule has 5 aliphatic carbocycles. The molecule has 31 heavy (non-hydrogen) atoms. The summed E-state index contributed by atoms with van der Waals surface area (Å²) in [5.41, 5.74) is 7.38. The van der Waals surface area contributed by atoms with Crippen LogP contribution in [0.5, 0.6) is 0 Å². The van der Waals surface area contributed by atoms with Crippen molar-refractivity contribution in [2.45, 2.75) is 82.1 Å². The van der Waals surface area contributed by atoms with Crippen LogP contribution in [0.15, 0.2) is 30.3 Å². The zero-order chi connectivity index (χ0) is 21.5. The van der Waals surface area contributed by atoms with E-state index >= 15 is 0 Å². The van der Waals surface area contributed by atoms with Crippen LogP contribution in [-0.4, -0.2) is 24.4 Å². The van der Waals surface area contributed by atoms with Gasteiger partial charge in [-0.2, -0.15) is 0 Å². The third kappa shape index (κ3) is 3.95. The number of amides is 1. The van der Waals surface area contributed by atoms with Crippen molar-refractivity contribution >= 4 is 17.5 Å². The Kier molecular flexibility index (Phi) is 6.11. The maximum atomic E-state index is 13.9. The maximum Gasteiger partial charge on any atom is 0.226 e. The minimum Gasteiger partial charge on any atom is -0.353 e. The summed E-state index contributed by atoms with van der Waals surface area (Å²) in [5.74, 6) is 3.88. The molecule has 1 amide bonds. The molecule has 0 radical (unpaired) electrons. The Hall–Kier alpha value is -1.06. The van der Waals surface area contributed by atoms with Gasteiger partial charge in [0.05, 0.1) is 5.41 Å². The first-order valence-electron chi connectivity index (χ1n) is 12.7. The Morgan fingerprint density at radius 3 is 2.32 bits per heavy atom. The van der Waals surface area contributed by atoms with Crippen LogP contribution in [-0.2, 0) is 10.2 Å². The van der Waals surface area contributed by atoms with Crippen LogP contribution in [0, 0.1) is 29.1 Å². The van der Waals surface area contributed by atoms with Crippen molar-refractivity contribution in [2.24, 2.45) is 34.8 Å². The van der Waals surface area contributed by atoms with Crippen molar-refractivity contribution in [1.29, 1.82) is 0 Å². The van der Waals surface area contributed by atoms with Gasteiger partial charge >= 0.3 is 0 Å². The number of halogens is 1. The monoisotopic (exact) mass is 442 g/mol. The Bertz CT molecular complexity index is 757. The number of carbonyl (C=O) groups excluding carboxylic acids is 1. The second-order valence-corrected chi connectivity index (χ2v) is 11.7. The second-order valence-electron chi connectivity index (χ2n) is 11.4. The van der Waals surface area contributed by atoms with Crippen LogP contribution in [0.1, 0.15) is 76.2 Å². The molecule has 6 rings (SSSR count). The summed E-state index contributed by atoms with van der Waals surface area (Å²) in [6, 6.07) is 11.5. The van der Waals surface area contributed by atoms with Gasteiger partial charge in [-0.1, -0.05) is 30.3 Å². The zero-order valence-electron chi connectivity index (χ0n) is 18.8. The quantitative estimate of drug-likeness (QED) is 0.555. The number of rotatable bonds is 7. The van der Waals surface area contributed by atoms with Crippen LogP contribution >= 0.6 is 11.6 Å². The fraction of sp³-hybridized carbons (Fsp3) is 0.741. The SMILES string of the molecule is NC[C@H]1CC[C@H](NC(=O)C23CC4CC(c5ccccc5)(CC(C2)C4CCCCl)C3)CC1. The van der Waals surface area contributed by atoms with E-state index in [1.54, 1.807) is 0 Å². The number of nitrogens with two attached hydrogens (primary N) is 1. The van der Waals surface area contributed by atoms with E-state index in [2.05, 4.69) is 35.6 Å². The first-order valence-corrected chi connectivity index (χ1v) is 13.2. The average molecular weight is 443 g/mol. The molecule has 4 bridgehead atoms. The lowest BCUT2D eigenvalue weighted by Crippen LogP contribution is -2.62. The summed E-state index contributed by atoms with van der Waals surface area (Å²) in [7, 11) is 0. The summed E-state index contributed by atoms with van der Waals surface area (Å²) in [6.45, 7) is 0.789. The molecule has 170 valence electrons. The van der Waals surface area contributed by atoms with Gasteiger partial charge in [0.15, 0.2) is 0 Å². The van der Waals surface area contributed by atoms with Gasteiger partial charge < -0.3 is 11.1 Å². The Balaban J connectivity index is 1.38. The van der Waals surface area contributed by atoms with E-state index in [0.29, 0.717) is 29.7 Å². The van der Waals surface area contributed by atoms with Gasteiger partial charge in [-0.05, 0) is 112 Å². The third-order valence-corrected chi connectivity index (χ3v) is 9.82. The Labute approximate surface area is 192 Å². The van der Waals surface area contributed by atoms with E-state index in [1.165, 1.54) is 24.8 Å². The summed E-state index contributed by atoms with van der Waals surface area (Å²) in [4.78, 5) is 13.9. The van der Waals surface area contributed by atoms with Crippen LogP contribution in [0.25, 0.3) is 0 Å². The van der Waals surface area contributed by atoms with Gasteiger partial charge in [0.1, 0.15) is 0 Å². The molecule has 2 atom stereocenters. The molecule has 5 saturated carbocycles. The van der Waals surface area contributed by atoms with Crippen LogP contribution in [0.2, 0.25) is 0 Å². The number of carbonyl (C=O) groups is 1. The normalized spacial score (nSPS) is 41.3. The van der Waals surface area contributed by atoms with Crippen molar-refractivity contribution in [2.75, 3.05) is 12.4 Å². The van der Waals surface area contributed by atoms with Crippen molar-refractivity contribution in [3.63, 3.8) is 0 Å². The van der Waals surface area contributed by atoms with Crippen LogP contribution in [0.4, 0.5) is 0 Å². The van der Waals surface area contributed by atoms with Gasteiger partial charge in [0, 0.05) is 11.9 Å². The first-order chi connectivity index (χ1) is 15.1. The molecule has 1 aromatic carbocycles. The molecule has 2 unspecified atom stereocenters. The van der Waals surface area contributed by atoms with E-state index < -0.39 is 0 Å². The molecule has 3 nitrogen and oxygen atoms in total. The summed E-state index contributed by atoms with van der Waals surface area (Å²) in [5, 5.41) is 3.55. The topological polar surface area (TPSA) is 55.1 Å². The summed E-state index contributed by atoms with van der Waals surface area (Å²) < 4.78 is 0. The molecule has 0 spiro atoms. The average Bonchev–Trinajstić information content (AvgIpc) is 2.79. The largest absolute Gasteiger partial charge is 0.353 e. The van der Waals surface area contributed by atoms with Gasteiger partial charge in [0.25, 0.3) is 0 Å². The Morgan fingerprint density at radius 2 is 1.71 bits per heavy atom. The summed E-state index contributed by atoms with van der Waals surface area (Å²) in [6.07, 6.45) is 12.6. The molecular weight excluding hydrogens is 404 g/mol. The first kappa shape index (κ1) is 21.8. The predicted octanol–water partition coefficient (Wildman–Crippen LogP) is 5.40. The Morgan fingerprint density at radius 1 is 1.03 bits per heavy atom. The standard InChI is InChI=1S/C27H39ClN2O/c28-12-4-7-24-20-13-26(22-5-2-1-3-6-22)14-21(24)16-27(15-20,18-26)25(31)30-23-10-8-19(17-29)9-11-23/h1-3,5-6,19-21,23-24H,4,7-18,29H2,(H,30,31)/t19-,20?,21?,23-,24?,26?,27?. The molecule has 3 N–H and O–H groups in total. The molecular formula is C27H39ClN2O. The molecule has 0 heterocycles. The molecule has 5 fully saturated rings. The minimum atomic E-state index is -0.163. The number of benzene rings is 1. The van der Waals surface area contributed by atoms with E-state index in [4.69, 9.17) is 17.3 Å². The summed E-state index contributed by atoms with van der Waals surface area (Å²) >= 11 is 6.07. The van der Waals surface area contributed by atoms with Crippen LogP contribution < -0.4 is 11.1 Å². The highest BCUT2D eigenvalue weighted by molar-refractivity contribution is 6.17. The fourth-order valence-electron chi connectivity index (χ4n) is 8.31. The second kappa shape index (κ2) is 8.71. The molecule has 5 aliphatic rings. The highest BCUT2D eigenvalue weighted by Crippen LogP contribution is 2.68. The van der Waals surface area contributed by atoms with E-state index in [0.717, 1.165) is 69.7 Å². The maximum absolute atomic E-state index is 13.9. The van der Waals surface area contributed by atoms with Crippen molar-refractivity contribution < 1.29 is 4.79 Å². The van der Waals surface area contributed by atoms with Gasteiger partial charge in [0.2, 0.25) is 5.91 Å². The van der Waals surface area contributed by atoms with E-state index in [9.17, 15) is 4.79 Å². The third-order valence-electron chi connectivity index (χ3n) is 9.55. The smallest absolute Gasteiger partial charge is 0.226 e. The van der Waals surface area contributed by atoms with Gasteiger partial charge in [-0.25, -0.2) is 0 Å². The van der Waals surface area contributed by atoms with Gasteiger partial charge in [-0.3, -0.25) is 4.79 Å². The van der Waals surface area contributed by atoms with E-state index in [1.807, 2.05) is 0 Å². The van der Waals surface area contributed by atoms with Crippen molar-refractivity contribution in [3.8, 4) is 0 Å². The highest BCUT2D eigenvalue weighted by atomic mass is 35.5. The van der Waals surface area contributed by atoms with Gasteiger partial charge in [-0.15, -0.1) is 11.6 Å². The highest BCUT2D eigenvalue weighted by Gasteiger charge is 2.63. The molecule has 0 aliphatic heterocycles. The predicted molar refractivity (Wildman–Crippen MR) is 127 cm³/mol. The fourth-order valence-corrected chi connectivity index (χ4v) is 8.46. The minimum absolute atomic E-state index is 0.163. The molecule has 0 saturated heterocycles. The molecule has 4 heteroatoms. The zero-order valence-corrected chi connectivity index (χ0v) is 19.6. The number of hydrogen-bond donors (Lipinski definition) is 2. The number of hydrogen-bond acceptors (Lipinski definition) is 2. The van der Waals surface area contributed by atoms with Crippen molar-refractivity contribution in [1.82, 2.24) is 5.32 Å². The van der Waals surface area contributed by atoms with Crippen molar-refractivity contribution in [3.05, 3.63) is 35.9 Å². The number of nitrogens with one attached hydrogen (secondary N) is 1. The van der Waals surface area contributed by atoms with Crippen LogP contribution in [0.3, 0.4) is 0 Å². The lowest BCUT2D eigenvalue weighted by atomic mass is 9.39. The molecule has 1 aromatic rings. The van der Waals surface area contributed by atoms with E-state index in [-0.39, 0.29) is 10.8 Å². The lowest BCUT2D eigenvalue weighted by molar-refractivity contribution is -0.159. The molecule has 0 aromatic heterocycles. The lowest BCUT2D eigenvalue weighted by Gasteiger charge is -2.64.